The molecule has 5 nitrogen and oxygen atoms in total. The normalized spacial score (nSPS) is 23.2. The van der Waals surface area contributed by atoms with Gasteiger partial charge in [-0.05, 0) is 33.9 Å². The van der Waals surface area contributed by atoms with Crippen LogP contribution in [0, 0.1) is 5.92 Å². The molecule has 16 heavy (non-hydrogen) atoms. The molecule has 1 rings (SSSR count). The number of hydrogen-bond acceptors (Lipinski definition) is 3. The van der Waals surface area contributed by atoms with Crippen molar-refractivity contribution in [3.8, 4) is 0 Å². The van der Waals surface area contributed by atoms with Gasteiger partial charge in [0.1, 0.15) is 5.92 Å². The first-order valence-electron chi connectivity index (χ1n) is 5.61. The third kappa shape index (κ3) is 2.95. The zero-order valence-corrected chi connectivity index (χ0v) is 10.1. The van der Waals surface area contributed by atoms with Crippen LogP contribution in [0.2, 0.25) is 0 Å². The third-order valence-corrected chi connectivity index (χ3v) is 3.18. The summed E-state index contributed by atoms with van der Waals surface area (Å²) in [5, 5.41) is 8.80. The molecular weight excluding hydrogens is 208 g/mol. The summed E-state index contributed by atoms with van der Waals surface area (Å²) in [7, 11) is 3.97. The van der Waals surface area contributed by atoms with E-state index in [0.717, 1.165) is 12.8 Å². The van der Waals surface area contributed by atoms with E-state index < -0.39 is 11.9 Å². The van der Waals surface area contributed by atoms with E-state index in [1.54, 1.807) is 4.90 Å². The van der Waals surface area contributed by atoms with E-state index in [0.29, 0.717) is 19.1 Å². The molecule has 5 heteroatoms. The number of amides is 1. The molecule has 1 amide bonds. The van der Waals surface area contributed by atoms with Crippen molar-refractivity contribution in [2.24, 2.45) is 5.92 Å². The Morgan fingerprint density at radius 1 is 1.44 bits per heavy atom. The van der Waals surface area contributed by atoms with Gasteiger partial charge in [0, 0.05) is 19.1 Å². The van der Waals surface area contributed by atoms with E-state index in [2.05, 4.69) is 4.90 Å². The highest BCUT2D eigenvalue weighted by Crippen LogP contribution is 2.16. The zero-order chi connectivity index (χ0) is 12.3. The lowest BCUT2D eigenvalue weighted by Gasteiger charge is -2.36. The van der Waals surface area contributed by atoms with Gasteiger partial charge in [-0.1, -0.05) is 0 Å². The van der Waals surface area contributed by atoms with Crippen molar-refractivity contribution in [2.45, 2.75) is 25.8 Å². The molecule has 0 aliphatic carbocycles. The molecule has 1 heterocycles. The van der Waals surface area contributed by atoms with Crippen LogP contribution >= 0.6 is 0 Å². The lowest BCUT2D eigenvalue weighted by Crippen LogP contribution is -2.49. The van der Waals surface area contributed by atoms with E-state index >= 15 is 0 Å². The van der Waals surface area contributed by atoms with E-state index in [-0.39, 0.29) is 5.91 Å². The summed E-state index contributed by atoms with van der Waals surface area (Å²) < 4.78 is 0. The number of aliphatic carboxylic acids is 1. The van der Waals surface area contributed by atoms with Gasteiger partial charge in [0.15, 0.2) is 0 Å². The highest BCUT2D eigenvalue weighted by molar-refractivity contribution is 5.96. The predicted octanol–water partition coefficient (Wildman–Crippen LogP) is 0.260. The molecule has 2 unspecified atom stereocenters. The Morgan fingerprint density at radius 3 is 2.56 bits per heavy atom. The number of carboxylic acids is 1. The first kappa shape index (κ1) is 13.0. The summed E-state index contributed by atoms with van der Waals surface area (Å²) in [5.41, 5.74) is 0. The lowest BCUT2D eigenvalue weighted by molar-refractivity contribution is -0.151. The molecule has 1 N–H and O–H groups in total. The van der Waals surface area contributed by atoms with Crippen LogP contribution < -0.4 is 0 Å². The average Bonchev–Trinajstić information content (AvgIpc) is 2.27. The summed E-state index contributed by atoms with van der Waals surface area (Å²) in [6, 6.07) is 0.346. The molecule has 0 radical (unpaired) electrons. The van der Waals surface area contributed by atoms with Gasteiger partial charge in [-0.25, -0.2) is 0 Å². The molecule has 2 atom stereocenters. The summed E-state index contributed by atoms with van der Waals surface area (Å²) >= 11 is 0. The second-order valence-corrected chi connectivity index (χ2v) is 4.60. The van der Waals surface area contributed by atoms with Crippen molar-refractivity contribution in [1.82, 2.24) is 9.80 Å². The van der Waals surface area contributed by atoms with E-state index in [9.17, 15) is 9.59 Å². The van der Waals surface area contributed by atoms with Crippen molar-refractivity contribution >= 4 is 11.9 Å². The largest absolute Gasteiger partial charge is 0.481 e. The Morgan fingerprint density at radius 2 is 2.06 bits per heavy atom. The number of likely N-dealkylation sites (tertiary alicyclic amines) is 1. The molecule has 0 bridgehead atoms. The molecule has 0 saturated carbocycles. The molecule has 1 saturated heterocycles. The molecular formula is C11H20N2O3. The average molecular weight is 228 g/mol. The molecule has 92 valence electrons. The van der Waals surface area contributed by atoms with Gasteiger partial charge < -0.3 is 14.9 Å². The second-order valence-electron chi connectivity index (χ2n) is 4.60. The molecule has 0 spiro atoms. The fraction of sp³-hybridized carbons (Fsp3) is 0.818. The van der Waals surface area contributed by atoms with Crippen molar-refractivity contribution in [1.29, 1.82) is 0 Å². The van der Waals surface area contributed by atoms with Gasteiger partial charge in [-0.15, -0.1) is 0 Å². The highest BCUT2D eigenvalue weighted by atomic mass is 16.4. The quantitative estimate of drug-likeness (QED) is 0.704. The maximum atomic E-state index is 11.8. The number of carbonyl (C=O) groups excluding carboxylic acids is 1. The molecule has 1 aliphatic rings. The predicted molar refractivity (Wildman–Crippen MR) is 60.1 cm³/mol. The number of piperidine rings is 1. The number of hydrogen-bond donors (Lipinski definition) is 1. The van der Waals surface area contributed by atoms with Gasteiger partial charge in [0.25, 0.3) is 0 Å². The Bertz CT molecular complexity index is 278. The van der Waals surface area contributed by atoms with Gasteiger partial charge in [0.05, 0.1) is 0 Å². The van der Waals surface area contributed by atoms with Gasteiger partial charge in [-0.3, -0.25) is 9.59 Å². The molecule has 0 aromatic heterocycles. The van der Waals surface area contributed by atoms with Crippen LogP contribution in [0.3, 0.4) is 0 Å². The number of rotatable bonds is 3. The summed E-state index contributed by atoms with van der Waals surface area (Å²) in [4.78, 5) is 26.3. The van der Waals surface area contributed by atoms with E-state index in [1.165, 1.54) is 6.92 Å². The number of carboxylic acid groups (broad SMARTS) is 1. The standard InChI is InChI=1S/C11H20N2O3/c1-8(11(15)16)10(14)13-6-4-5-9(7-13)12(2)3/h8-9H,4-7H2,1-3H3,(H,15,16). The van der Waals surface area contributed by atoms with Crippen molar-refractivity contribution in [3.63, 3.8) is 0 Å². The fourth-order valence-corrected chi connectivity index (χ4v) is 1.96. The Kier molecular flexibility index (Phi) is 4.29. The smallest absolute Gasteiger partial charge is 0.315 e. The number of nitrogens with zero attached hydrogens (tertiary/aromatic N) is 2. The fourth-order valence-electron chi connectivity index (χ4n) is 1.96. The monoisotopic (exact) mass is 228 g/mol. The highest BCUT2D eigenvalue weighted by Gasteiger charge is 2.30. The summed E-state index contributed by atoms with van der Waals surface area (Å²) in [6.45, 7) is 2.77. The first-order valence-corrected chi connectivity index (χ1v) is 5.61. The van der Waals surface area contributed by atoms with Gasteiger partial charge in [-0.2, -0.15) is 0 Å². The summed E-state index contributed by atoms with van der Waals surface area (Å²) in [5.74, 6) is -2.24. The molecule has 0 aromatic carbocycles. The Balaban J connectivity index is 2.60. The van der Waals surface area contributed by atoms with Crippen LogP contribution in [-0.2, 0) is 9.59 Å². The SMILES string of the molecule is CC(C(=O)O)C(=O)N1CCCC(N(C)C)C1. The second kappa shape index (κ2) is 5.30. The first-order chi connectivity index (χ1) is 7.43. The van der Waals surface area contributed by atoms with Crippen LogP contribution in [-0.4, -0.2) is 60.0 Å². The Labute approximate surface area is 96.0 Å². The van der Waals surface area contributed by atoms with Crippen LogP contribution in [0.25, 0.3) is 0 Å². The number of carbonyl (C=O) groups is 2. The van der Waals surface area contributed by atoms with E-state index in [4.69, 9.17) is 5.11 Å². The van der Waals surface area contributed by atoms with Crippen LogP contribution in [0.5, 0.6) is 0 Å². The lowest BCUT2D eigenvalue weighted by atomic mass is 10.0. The van der Waals surface area contributed by atoms with Crippen LogP contribution in [0.15, 0.2) is 0 Å². The van der Waals surface area contributed by atoms with Crippen LogP contribution in [0.4, 0.5) is 0 Å². The number of likely N-dealkylation sites (N-methyl/N-ethyl adjacent to an activating group) is 1. The molecule has 0 aromatic rings. The maximum Gasteiger partial charge on any atom is 0.315 e. The van der Waals surface area contributed by atoms with Gasteiger partial charge in [0.2, 0.25) is 5.91 Å². The molecule has 1 fully saturated rings. The minimum Gasteiger partial charge on any atom is -0.481 e. The van der Waals surface area contributed by atoms with Crippen molar-refractivity contribution in [3.05, 3.63) is 0 Å². The Hall–Kier alpha value is -1.10. The topological polar surface area (TPSA) is 60.9 Å². The summed E-state index contributed by atoms with van der Waals surface area (Å²) in [6.07, 6.45) is 2.01. The van der Waals surface area contributed by atoms with E-state index in [1.807, 2.05) is 14.1 Å². The minimum absolute atomic E-state index is 0.265. The third-order valence-electron chi connectivity index (χ3n) is 3.18. The van der Waals surface area contributed by atoms with Crippen molar-refractivity contribution < 1.29 is 14.7 Å². The van der Waals surface area contributed by atoms with Crippen molar-refractivity contribution in [2.75, 3.05) is 27.2 Å². The van der Waals surface area contributed by atoms with Gasteiger partial charge >= 0.3 is 5.97 Å². The zero-order valence-electron chi connectivity index (χ0n) is 10.1. The molecule has 1 aliphatic heterocycles. The maximum absolute atomic E-state index is 11.8. The van der Waals surface area contributed by atoms with Crippen LogP contribution in [0.1, 0.15) is 19.8 Å². The minimum atomic E-state index is -1.04.